The van der Waals surface area contributed by atoms with Crippen molar-refractivity contribution in [1.29, 1.82) is 0 Å². The molecule has 0 unspecified atom stereocenters. The van der Waals surface area contributed by atoms with Crippen molar-refractivity contribution in [3.63, 3.8) is 0 Å². The zero-order valence-electron chi connectivity index (χ0n) is 11.0. The van der Waals surface area contributed by atoms with E-state index >= 15 is 0 Å². The molecule has 0 aliphatic heterocycles. The number of carbonyl (C=O) groups excluding carboxylic acids is 1. The summed E-state index contributed by atoms with van der Waals surface area (Å²) in [6.07, 6.45) is 3.53. The second kappa shape index (κ2) is 5.83. The van der Waals surface area contributed by atoms with Gasteiger partial charge in [0.15, 0.2) is 5.69 Å². The SMILES string of the molecule is CCCc1[nH]nc(C(=O)NCc2ncc(C)s2)c1N. The lowest BCUT2D eigenvalue weighted by Gasteiger charge is -2.01. The van der Waals surface area contributed by atoms with Crippen LogP contribution in [-0.2, 0) is 13.0 Å². The van der Waals surface area contributed by atoms with Crippen LogP contribution < -0.4 is 11.1 Å². The smallest absolute Gasteiger partial charge is 0.274 e. The Morgan fingerprint density at radius 2 is 2.37 bits per heavy atom. The molecule has 0 fully saturated rings. The Morgan fingerprint density at radius 1 is 1.58 bits per heavy atom. The minimum Gasteiger partial charge on any atom is -0.395 e. The highest BCUT2D eigenvalue weighted by Gasteiger charge is 2.16. The Balaban J connectivity index is 2.00. The van der Waals surface area contributed by atoms with Crippen molar-refractivity contribution in [1.82, 2.24) is 20.5 Å². The highest BCUT2D eigenvalue weighted by molar-refractivity contribution is 7.11. The minimum absolute atomic E-state index is 0.261. The minimum atomic E-state index is -0.274. The van der Waals surface area contributed by atoms with E-state index in [1.807, 2.05) is 13.8 Å². The van der Waals surface area contributed by atoms with Crippen molar-refractivity contribution in [2.45, 2.75) is 33.2 Å². The number of nitrogens with one attached hydrogen (secondary N) is 2. The van der Waals surface area contributed by atoms with Crippen molar-refractivity contribution in [3.05, 3.63) is 27.5 Å². The number of nitrogens with two attached hydrogens (primary N) is 1. The van der Waals surface area contributed by atoms with Crippen LogP contribution in [0.1, 0.15) is 39.4 Å². The lowest BCUT2D eigenvalue weighted by Crippen LogP contribution is -2.24. The molecule has 2 heterocycles. The zero-order chi connectivity index (χ0) is 13.8. The Labute approximate surface area is 115 Å². The lowest BCUT2D eigenvalue weighted by molar-refractivity contribution is 0.0946. The van der Waals surface area contributed by atoms with Crippen molar-refractivity contribution >= 4 is 22.9 Å². The second-order valence-corrected chi connectivity index (χ2v) is 5.58. The molecule has 0 atom stereocenters. The molecule has 0 aliphatic rings. The Bertz CT molecular complexity index is 574. The van der Waals surface area contributed by atoms with Gasteiger partial charge in [0.2, 0.25) is 0 Å². The summed E-state index contributed by atoms with van der Waals surface area (Å²) >= 11 is 1.56. The van der Waals surface area contributed by atoms with Crippen molar-refractivity contribution in [3.8, 4) is 0 Å². The molecule has 0 bridgehead atoms. The average molecular weight is 279 g/mol. The molecule has 0 aliphatic carbocycles. The summed E-state index contributed by atoms with van der Waals surface area (Å²) in [5.41, 5.74) is 7.41. The number of aryl methyl sites for hydroxylation is 2. The number of amides is 1. The number of hydrogen-bond acceptors (Lipinski definition) is 5. The van der Waals surface area contributed by atoms with E-state index in [0.717, 1.165) is 28.4 Å². The summed E-state index contributed by atoms with van der Waals surface area (Å²) < 4.78 is 0. The number of aromatic amines is 1. The van der Waals surface area contributed by atoms with Crippen LogP contribution in [0.3, 0.4) is 0 Å². The van der Waals surface area contributed by atoms with Gasteiger partial charge in [0, 0.05) is 11.1 Å². The van der Waals surface area contributed by atoms with Gasteiger partial charge in [-0.05, 0) is 13.3 Å². The third-order valence-electron chi connectivity index (χ3n) is 2.67. The van der Waals surface area contributed by atoms with Gasteiger partial charge in [0.1, 0.15) is 5.01 Å². The topological polar surface area (TPSA) is 96.7 Å². The van der Waals surface area contributed by atoms with Gasteiger partial charge in [0.05, 0.1) is 17.9 Å². The third-order valence-corrected chi connectivity index (χ3v) is 3.58. The third kappa shape index (κ3) is 3.11. The lowest BCUT2D eigenvalue weighted by atomic mass is 10.2. The molecular formula is C12H17N5OS. The number of thiazole rings is 1. The number of anilines is 1. The van der Waals surface area contributed by atoms with Crippen molar-refractivity contribution in [2.75, 3.05) is 5.73 Å². The number of nitrogens with zero attached hydrogens (tertiary/aromatic N) is 2. The molecule has 0 saturated carbocycles. The summed E-state index contributed by atoms with van der Waals surface area (Å²) in [7, 11) is 0. The van der Waals surface area contributed by atoms with Gasteiger partial charge >= 0.3 is 0 Å². The van der Waals surface area contributed by atoms with Gasteiger partial charge in [-0.1, -0.05) is 13.3 Å². The molecule has 19 heavy (non-hydrogen) atoms. The first-order valence-electron chi connectivity index (χ1n) is 6.14. The maximum atomic E-state index is 12.0. The number of nitrogen functional groups attached to an aromatic ring is 1. The van der Waals surface area contributed by atoms with Gasteiger partial charge in [0.25, 0.3) is 5.91 Å². The number of aromatic nitrogens is 3. The number of hydrogen-bond donors (Lipinski definition) is 3. The molecule has 102 valence electrons. The fourth-order valence-electron chi connectivity index (χ4n) is 1.72. The van der Waals surface area contributed by atoms with Crippen LogP contribution in [0.5, 0.6) is 0 Å². The Morgan fingerprint density at radius 3 is 3.00 bits per heavy atom. The van der Waals surface area contributed by atoms with E-state index in [1.54, 1.807) is 17.5 Å². The maximum absolute atomic E-state index is 12.0. The molecule has 2 rings (SSSR count). The molecule has 1 amide bonds. The van der Waals surface area contributed by atoms with Crippen LogP contribution in [0.15, 0.2) is 6.20 Å². The van der Waals surface area contributed by atoms with Crippen LogP contribution in [-0.4, -0.2) is 21.1 Å². The first kappa shape index (κ1) is 13.5. The van der Waals surface area contributed by atoms with E-state index in [1.165, 1.54) is 0 Å². The zero-order valence-corrected chi connectivity index (χ0v) is 11.8. The summed E-state index contributed by atoms with van der Waals surface area (Å²) in [6, 6.07) is 0. The van der Waals surface area contributed by atoms with E-state index in [4.69, 9.17) is 5.73 Å². The van der Waals surface area contributed by atoms with Crippen LogP contribution in [0.4, 0.5) is 5.69 Å². The largest absolute Gasteiger partial charge is 0.395 e. The molecule has 6 nitrogen and oxygen atoms in total. The fraction of sp³-hybridized carbons (Fsp3) is 0.417. The molecule has 7 heteroatoms. The van der Waals surface area contributed by atoms with E-state index in [9.17, 15) is 4.79 Å². The Kier molecular flexibility index (Phi) is 4.16. The van der Waals surface area contributed by atoms with Gasteiger partial charge in [-0.2, -0.15) is 5.10 Å². The van der Waals surface area contributed by atoms with Crippen LogP contribution in [0, 0.1) is 6.92 Å². The summed E-state index contributed by atoms with van der Waals surface area (Å²) in [5, 5.41) is 10.4. The highest BCUT2D eigenvalue weighted by Crippen LogP contribution is 2.16. The highest BCUT2D eigenvalue weighted by atomic mass is 32.1. The van der Waals surface area contributed by atoms with Crippen LogP contribution in [0.25, 0.3) is 0 Å². The van der Waals surface area contributed by atoms with E-state index in [2.05, 4.69) is 20.5 Å². The summed E-state index contributed by atoms with van der Waals surface area (Å²) in [4.78, 5) is 17.3. The summed E-state index contributed by atoms with van der Waals surface area (Å²) in [6.45, 7) is 4.42. The van der Waals surface area contributed by atoms with E-state index < -0.39 is 0 Å². The fourth-order valence-corrected chi connectivity index (χ4v) is 2.45. The number of rotatable bonds is 5. The molecule has 0 spiro atoms. The molecule has 0 radical (unpaired) electrons. The standard InChI is InChI=1S/C12H17N5OS/c1-3-4-8-10(13)11(17-16-8)12(18)15-6-9-14-5-7(2)19-9/h5H,3-4,6,13H2,1-2H3,(H,15,18)(H,16,17). The monoisotopic (exact) mass is 279 g/mol. The number of H-pyrrole nitrogens is 1. The molecule has 0 aromatic carbocycles. The maximum Gasteiger partial charge on any atom is 0.274 e. The first-order valence-corrected chi connectivity index (χ1v) is 6.95. The van der Waals surface area contributed by atoms with Crippen molar-refractivity contribution < 1.29 is 4.79 Å². The quantitative estimate of drug-likeness (QED) is 0.775. The molecule has 0 saturated heterocycles. The Hall–Kier alpha value is -1.89. The van der Waals surface area contributed by atoms with Crippen molar-refractivity contribution in [2.24, 2.45) is 0 Å². The molecule has 4 N–H and O–H groups in total. The number of carbonyl (C=O) groups is 1. The van der Waals surface area contributed by atoms with Gasteiger partial charge in [-0.3, -0.25) is 9.89 Å². The predicted molar refractivity (Wildman–Crippen MR) is 75.0 cm³/mol. The van der Waals surface area contributed by atoms with E-state index in [0.29, 0.717) is 12.2 Å². The van der Waals surface area contributed by atoms with Crippen LogP contribution >= 0.6 is 11.3 Å². The first-order chi connectivity index (χ1) is 9.11. The van der Waals surface area contributed by atoms with E-state index in [-0.39, 0.29) is 11.6 Å². The van der Waals surface area contributed by atoms with Gasteiger partial charge in [-0.25, -0.2) is 4.98 Å². The predicted octanol–water partition coefficient (Wildman–Crippen LogP) is 1.64. The normalized spacial score (nSPS) is 10.6. The molecule has 2 aromatic rings. The van der Waals surface area contributed by atoms with Gasteiger partial charge < -0.3 is 11.1 Å². The second-order valence-electron chi connectivity index (χ2n) is 4.26. The molecular weight excluding hydrogens is 262 g/mol. The van der Waals surface area contributed by atoms with Crippen LogP contribution in [0.2, 0.25) is 0 Å². The average Bonchev–Trinajstić information content (AvgIpc) is 2.95. The summed E-state index contributed by atoms with van der Waals surface area (Å²) in [5.74, 6) is -0.274. The van der Waals surface area contributed by atoms with Gasteiger partial charge in [-0.15, -0.1) is 11.3 Å². The molecule has 2 aromatic heterocycles.